The van der Waals surface area contributed by atoms with E-state index in [9.17, 15) is 9.59 Å². The molecular weight excluding hydrogens is 342 g/mol. The first-order valence-corrected chi connectivity index (χ1v) is 8.87. The van der Waals surface area contributed by atoms with Crippen molar-refractivity contribution in [3.63, 3.8) is 0 Å². The van der Waals surface area contributed by atoms with Gasteiger partial charge in [0, 0.05) is 11.4 Å². The molecular formula is C18H19NO5S. The molecule has 0 spiro atoms. The molecule has 0 saturated carbocycles. The number of amides is 1. The van der Waals surface area contributed by atoms with E-state index in [1.807, 2.05) is 43.3 Å². The molecule has 1 N–H and O–H groups in total. The van der Waals surface area contributed by atoms with Crippen molar-refractivity contribution in [1.82, 2.24) is 4.90 Å². The third-order valence-electron chi connectivity index (χ3n) is 3.88. The maximum absolute atomic E-state index is 12.9. The molecule has 1 atom stereocenters. The van der Waals surface area contributed by atoms with Crippen LogP contribution in [-0.2, 0) is 9.53 Å². The third-order valence-corrected chi connectivity index (χ3v) is 5.03. The lowest BCUT2D eigenvalue weighted by molar-refractivity contribution is -0.154. The SMILES string of the molecule is CCOc1cc(-c2ccccc2)sc1C(=O)N1CCOC(C(=O)O)C1. The molecule has 2 heterocycles. The number of benzene rings is 1. The lowest BCUT2D eigenvalue weighted by Crippen LogP contribution is -2.48. The number of ether oxygens (including phenoxy) is 2. The topological polar surface area (TPSA) is 76.1 Å². The van der Waals surface area contributed by atoms with Gasteiger partial charge in [-0.3, -0.25) is 4.79 Å². The van der Waals surface area contributed by atoms with Gasteiger partial charge in [-0.15, -0.1) is 11.3 Å². The minimum atomic E-state index is -1.06. The summed E-state index contributed by atoms with van der Waals surface area (Å²) in [6.07, 6.45) is -0.984. The molecule has 7 heteroatoms. The maximum Gasteiger partial charge on any atom is 0.334 e. The van der Waals surface area contributed by atoms with Crippen LogP contribution in [0.3, 0.4) is 0 Å². The molecule has 1 saturated heterocycles. The van der Waals surface area contributed by atoms with Gasteiger partial charge in [0.2, 0.25) is 0 Å². The Labute approximate surface area is 149 Å². The summed E-state index contributed by atoms with van der Waals surface area (Å²) in [6.45, 7) is 2.93. The lowest BCUT2D eigenvalue weighted by Gasteiger charge is -2.30. The second kappa shape index (κ2) is 7.67. The van der Waals surface area contributed by atoms with E-state index in [1.54, 1.807) is 0 Å². The van der Waals surface area contributed by atoms with E-state index in [2.05, 4.69) is 0 Å². The molecule has 132 valence electrons. The number of hydrogen-bond acceptors (Lipinski definition) is 5. The molecule has 25 heavy (non-hydrogen) atoms. The number of morpholine rings is 1. The van der Waals surface area contributed by atoms with Crippen LogP contribution in [0.5, 0.6) is 5.75 Å². The molecule has 1 aliphatic heterocycles. The quantitative estimate of drug-likeness (QED) is 0.886. The Balaban J connectivity index is 1.88. The highest BCUT2D eigenvalue weighted by molar-refractivity contribution is 7.17. The average Bonchev–Trinajstić information content (AvgIpc) is 3.06. The van der Waals surface area contributed by atoms with Gasteiger partial charge in [0.1, 0.15) is 10.6 Å². The summed E-state index contributed by atoms with van der Waals surface area (Å²) in [6, 6.07) is 11.6. The summed E-state index contributed by atoms with van der Waals surface area (Å²) < 4.78 is 10.8. The van der Waals surface area contributed by atoms with E-state index in [-0.39, 0.29) is 19.1 Å². The van der Waals surface area contributed by atoms with Crippen LogP contribution in [-0.4, -0.2) is 54.3 Å². The Hall–Kier alpha value is -2.38. The summed E-state index contributed by atoms with van der Waals surface area (Å²) in [5.74, 6) is -0.737. The highest BCUT2D eigenvalue weighted by Crippen LogP contribution is 2.37. The molecule has 1 unspecified atom stereocenters. The highest BCUT2D eigenvalue weighted by Gasteiger charge is 2.31. The first kappa shape index (κ1) is 17.4. The van der Waals surface area contributed by atoms with Crippen LogP contribution in [0.4, 0.5) is 0 Å². The molecule has 0 bridgehead atoms. The Morgan fingerprint density at radius 2 is 2.12 bits per heavy atom. The highest BCUT2D eigenvalue weighted by atomic mass is 32.1. The van der Waals surface area contributed by atoms with E-state index >= 15 is 0 Å². The second-order valence-electron chi connectivity index (χ2n) is 5.55. The number of carbonyl (C=O) groups excluding carboxylic acids is 1. The maximum atomic E-state index is 12.9. The fourth-order valence-electron chi connectivity index (χ4n) is 2.66. The molecule has 0 radical (unpaired) electrons. The van der Waals surface area contributed by atoms with Gasteiger partial charge in [0.05, 0.1) is 19.8 Å². The summed E-state index contributed by atoms with van der Waals surface area (Å²) in [5, 5.41) is 9.11. The van der Waals surface area contributed by atoms with E-state index < -0.39 is 12.1 Å². The predicted octanol–water partition coefficient (Wildman–Crippen LogP) is 2.74. The van der Waals surface area contributed by atoms with E-state index in [0.29, 0.717) is 23.8 Å². The van der Waals surface area contributed by atoms with E-state index in [4.69, 9.17) is 14.6 Å². The minimum absolute atomic E-state index is 0.0400. The van der Waals surface area contributed by atoms with E-state index in [1.165, 1.54) is 16.2 Å². The van der Waals surface area contributed by atoms with Gasteiger partial charge in [0.25, 0.3) is 5.91 Å². The molecule has 0 aliphatic carbocycles. The average molecular weight is 361 g/mol. The summed E-state index contributed by atoms with van der Waals surface area (Å²) in [5.41, 5.74) is 1.01. The molecule has 6 nitrogen and oxygen atoms in total. The number of aliphatic carboxylic acids is 1. The van der Waals surface area contributed by atoms with Gasteiger partial charge in [-0.25, -0.2) is 4.79 Å². The smallest absolute Gasteiger partial charge is 0.334 e. The number of hydrogen-bond donors (Lipinski definition) is 1. The number of nitrogens with zero attached hydrogens (tertiary/aromatic N) is 1. The number of rotatable bonds is 5. The zero-order valence-corrected chi connectivity index (χ0v) is 14.6. The van der Waals surface area contributed by atoms with Gasteiger partial charge < -0.3 is 19.5 Å². The summed E-state index contributed by atoms with van der Waals surface area (Å²) in [4.78, 5) is 27.0. The minimum Gasteiger partial charge on any atom is -0.492 e. The normalized spacial score (nSPS) is 17.3. The largest absolute Gasteiger partial charge is 0.492 e. The number of carbonyl (C=O) groups is 2. The third kappa shape index (κ3) is 3.83. The number of carboxylic acid groups (broad SMARTS) is 1. The monoisotopic (exact) mass is 361 g/mol. The molecule has 1 aromatic heterocycles. The summed E-state index contributed by atoms with van der Waals surface area (Å²) in [7, 11) is 0. The van der Waals surface area contributed by atoms with Crippen molar-refractivity contribution in [2.75, 3.05) is 26.3 Å². The van der Waals surface area contributed by atoms with Crippen molar-refractivity contribution < 1.29 is 24.2 Å². The Bertz CT molecular complexity index is 758. The van der Waals surface area contributed by atoms with Gasteiger partial charge >= 0.3 is 5.97 Å². The van der Waals surface area contributed by atoms with Gasteiger partial charge in [-0.2, -0.15) is 0 Å². The van der Waals surface area contributed by atoms with Crippen LogP contribution in [0.25, 0.3) is 10.4 Å². The second-order valence-corrected chi connectivity index (χ2v) is 6.60. The molecule has 3 rings (SSSR count). The zero-order valence-electron chi connectivity index (χ0n) is 13.8. The number of thiophene rings is 1. The molecule has 1 aromatic carbocycles. The Morgan fingerprint density at radius 3 is 2.80 bits per heavy atom. The van der Waals surface area contributed by atoms with Gasteiger partial charge in [0.15, 0.2) is 6.10 Å². The number of carboxylic acids is 1. The molecule has 1 amide bonds. The van der Waals surface area contributed by atoms with Crippen LogP contribution in [0.15, 0.2) is 36.4 Å². The van der Waals surface area contributed by atoms with Gasteiger partial charge in [-0.05, 0) is 18.6 Å². The molecule has 2 aromatic rings. The molecule has 1 aliphatic rings. The van der Waals surface area contributed by atoms with Crippen LogP contribution in [0.2, 0.25) is 0 Å². The first-order valence-electron chi connectivity index (χ1n) is 8.06. The lowest BCUT2D eigenvalue weighted by atomic mass is 10.2. The van der Waals surface area contributed by atoms with Crippen LogP contribution in [0, 0.1) is 0 Å². The van der Waals surface area contributed by atoms with Crippen molar-refractivity contribution in [1.29, 1.82) is 0 Å². The fraction of sp³-hybridized carbons (Fsp3) is 0.333. The van der Waals surface area contributed by atoms with Crippen molar-refractivity contribution in [2.24, 2.45) is 0 Å². The standard InChI is InChI=1S/C18H19NO5S/c1-2-23-13-10-15(12-6-4-3-5-7-12)25-16(13)17(20)19-8-9-24-14(11-19)18(21)22/h3-7,10,14H,2,8-9,11H2,1H3,(H,21,22). The van der Waals surface area contributed by atoms with Crippen molar-refractivity contribution in [3.8, 4) is 16.2 Å². The van der Waals surface area contributed by atoms with Gasteiger partial charge in [-0.1, -0.05) is 30.3 Å². The fourth-order valence-corrected chi connectivity index (χ4v) is 3.73. The summed E-state index contributed by atoms with van der Waals surface area (Å²) >= 11 is 1.36. The Kier molecular flexibility index (Phi) is 5.35. The van der Waals surface area contributed by atoms with E-state index in [0.717, 1.165) is 10.4 Å². The Morgan fingerprint density at radius 1 is 1.36 bits per heavy atom. The van der Waals surface area contributed by atoms with Crippen molar-refractivity contribution in [2.45, 2.75) is 13.0 Å². The van der Waals surface area contributed by atoms with Crippen LogP contribution >= 0.6 is 11.3 Å². The van der Waals surface area contributed by atoms with Crippen LogP contribution < -0.4 is 4.74 Å². The predicted molar refractivity (Wildman–Crippen MR) is 94.2 cm³/mol. The zero-order chi connectivity index (χ0) is 17.8. The first-order chi connectivity index (χ1) is 12.1. The van der Waals surface area contributed by atoms with Crippen molar-refractivity contribution >= 4 is 23.2 Å². The van der Waals surface area contributed by atoms with Crippen molar-refractivity contribution in [3.05, 3.63) is 41.3 Å². The van der Waals surface area contributed by atoms with Crippen LogP contribution in [0.1, 0.15) is 16.6 Å². The molecule has 1 fully saturated rings.